The minimum atomic E-state index is 0.608. The van der Waals surface area contributed by atoms with Crippen molar-refractivity contribution in [3.05, 3.63) is 35.3 Å². The number of aromatic nitrogens is 6. The van der Waals surface area contributed by atoms with Crippen molar-refractivity contribution in [1.29, 1.82) is 0 Å². The Morgan fingerprint density at radius 3 is 2.62 bits per heavy atom. The Labute approximate surface area is 125 Å². The summed E-state index contributed by atoms with van der Waals surface area (Å²) in [6.45, 7) is 3.30. The van der Waals surface area contributed by atoms with Crippen LogP contribution in [0.1, 0.15) is 5.01 Å². The quantitative estimate of drug-likeness (QED) is 0.664. The predicted molar refractivity (Wildman–Crippen MR) is 80.8 cm³/mol. The third kappa shape index (κ3) is 3.31. The lowest BCUT2D eigenvalue weighted by Crippen LogP contribution is -2.16. The van der Waals surface area contributed by atoms with Crippen LogP contribution in [0.3, 0.4) is 0 Å². The number of hydrogen-bond acceptors (Lipinski definition) is 8. The Morgan fingerprint density at radius 1 is 1.05 bits per heavy atom. The second-order valence-corrected chi connectivity index (χ2v) is 5.41. The van der Waals surface area contributed by atoms with Crippen LogP contribution in [0, 0.1) is 6.92 Å². The van der Waals surface area contributed by atoms with Gasteiger partial charge in [0.05, 0.1) is 5.69 Å². The number of anilines is 2. The van der Waals surface area contributed by atoms with Crippen LogP contribution in [0.2, 0.25) is 0 Å². The largest absolute Gasteiger partial charge is 0.358 e. The van der Waals surface area contributed by atoms with Crippen molar-refractivity contribution in [3.63, 3.8) is 0 Å². The monoisotopic (exact) mass is 302 g/mol. The van der Waals surface area contributed by atoms with E-state index in [1.54, 1.807) is 4.68 Å². The van der Waals surface area contributed by atoms with Gasteiger partial charge in [-0.3, -0.25) is 0 Å². The van der Waals surface area contributed by atoms with E-state index in [-0.39, 0.29) is 0 Å². The molecule has 3 rings (SSSR count). The lowest BCUT2D eigenvalue weighted by atomic mass is 10.3. The molecule has 0 unspecified atom stereocenters. The first-order valence-electron chi connectivity index (χ1n) is 6.44. The third-order valence-corrected chi connectivity index (χ3v) is 3.48. The number of tetrazole rings is 1. The Morgan fingerprint density at radius 2 is 1.86 bits per heavy atom. The van der Waals surface area contributed by atoms with Crippen molar-refractivity contribution >= 4 is 22.4 Å². The van der Waals surface area contributed by atoms with Gasteiger partial charge in [0.1, 0.15) is 5.01 Å². The Kier molecular flexibility index (Phi) is 4.01. The SMILES string of the molecule is Cc1nnc(NCCNc2nnnn2-c2ccccc2)s1. The van der Waals surface area contributed by atoms with E-state index in [0.29, 0.717) is 19.0 Å². The zero-order chi connectivity index (χ0) is 14.5. The van der Waals surface area contributed by atoms with Crippen LogP contribution in [0.25, 0.3) is 5.69 Å². The normalized spacial score (nSPS) is 10.5. The van der Waals surface area contributed by atoms with E-state index < -0.39 is 0 Å². The molecule has 9 heteroatoms. The molecule has 0 spiro atoms. The fourth-order valence-electron chi connectivity index (χ4n) is 1.75. The van der Waals surface area contributed by atoms with E-state index in [1.807, 2.05) is 37.3 Å². The van der Waals surface area contributed by atoms with E-state index in [1.165, 1.54) is 11.3 Å². The second kappa shape index (κ2) is 6.27. The smallest absolute Gasteiger partial charge is 0.247 e. The Balaban J connectivity index is 1.55. The van der Waals surface area contributed by atoms with Crippen LogP contribution >= 0.6 is 11.3 Å². The molecule has 21 heavy (non-hydrogen) atoms. The molecule has 0 radical (unpaired) electrons. The number of nitrogens with one attached hydrogen (secondary N) is 2. The van der Waals surface area contributed by atoms with Crippen molar-refractivity contribution in [2.75, 3.05) is 23.7 Å². The molecular formula is C12H14N8S. The van der Waals surface area contributed by atoms with Gasteiger partial charge in [-0.1, -0.05) is 34.6 Å². The highest BCUT2D eigenvalue weighted by atomic mass is 32.1. The second-order valence-electron chi connectivity index (χ2n) is 4.23. The number of para-hydroxylation sites is 1. The topological polar surface area (TPSA) is 93.4 Å². The third-order valence-electron chi connectivity index (χ3n) is 2.68. The minimum absolute atomic E-state index is 0.608. The van der Waals surface area contributed by atoms with Crippen LogP contribution in [-0.2, 0) is 0 Å². The summed E-state index contributed by atoms with van der Waals surface area (Å²) in [7, 11) is 0. The first-order chi connectivity index (χ1) is 10.3. The molecule has 0 saturated heterocycles. The van der Waals surface area contributed by atoms with Crippen molar-refractivity contribution in [2.24, 2.45) is 0 Å². The van der Waals surface area contributed by atoms with Gasteiger partial charge >= 0.3 is 0 Å². The highest BCUT2D eigenvalue weighted by Crippen LogP contribution is 2.13. The standard InChI is InChI=1S/C12H14N8S/c1-9-15-17-12(21-9)14-8-7-13-11-16-18-19-20(11)10-5-3-2-4-6-10/h2-6H,7-8H2,1H3,(H,14,17)(H,13,16,19). The highest BCUT2D eigenvalue weighted by Gasteiger charge is 2.06. The number of nitrogens with zero attached hydrogens (tertiary/aromatic N) is 6. The summed E-state index contributed by atoms with van der Waals surface area (Å²) < 4.78 is 1.66. The summed E-state index contributed by atoms with van der Waals surface area (Å²) in [6.07, 6.45) is 0. The van der Waals surface area contributed by atoms with Crippen molar-refractivity contribution in [2.45, 2.75) is 6.92 Å². The van der Waals surface area contributed by atoms with E-state index in [0.717, 1.165) is 15.8 Å². The fraction of sp³-hybridized carbons (Fsp3) is 0.250. The maximum Gasteiger partial charge on any atom is 0.247 e. The van der Waals surface area contributed by atoms with Crippen LogP contribution in [0.15, 0.2) is 30.3 Å². The minimum Gasteiger partial charge on any atom is -0.358 e. The Bertz CT molecular complexity index is 692. The van der Waals surface area contributed by atoms with Gasteiger partial charge in [-0.15, -0.1) is 10.2 Å². The lowest BCUT2D eigenvalue weighted by Gasteiger charge is -2.07. The molecular weight excluding hydrogens is 288 g/mol. The fourth-order valence-corrected chi connectivity index (χ4v) is 2.37. The molecule has 2 aromatic heterocycles. The maximum atomic E-state index is 4.00. The van der Waals surface area contributed by atoms with Crippen LogP contribution < -0.4 is 10.6 Å². The summed E-state index contributed by atoms with van der Waals surface area (Å²) in [4.78, 5) is 0. The van der Waals surface area contributed by atoms with Crippen molar-refractivity contribution in [3.8, 4) is 5.69 Å². The lowest BCUT2D eigenvalue weighted by molar-refractivity contribution is 0.789. The van der Waals surface area contributed by atoms with E-state index in [9.17, 15) is 0 Å². The molecule has 2 N–H and O–H groups in total. The van der Waals surface area contributed by atoms with Gasteiger partial charge in [0.25, 0.3) is 0 Å². The van der Waals surface area contributed by atoms with Crippen LogP contribution in [-0.4, -0.2) is 43.5 Å². The molecule has 0 atom stereocenters. The number of hydrogen-bond donors (Lipinski definition) is 2. The van der Waals surface area contributed by atoms with Gasteiger partial charge < -0.3 is 10.6 Å². The van der Waals surface area contributed by atoms with Gasteiger partial charge in [0.15, 0.2) is 0 Å². The average molecular weight is 302 g/mol. The number of benzene rings is 1. The molecule has 0 saturated carbocycles. The first-order valence-corrected chi connectivity index (χ1v) is 7.26. The molecule has 2 heterocycles. The Hall–Kier alpha value is -2.55. The summed E-state index contributed by atoms with van der Waals surface area (Å²) in [5.74, 6) is 0.608. The van der Waals surface area contributed by atoms with Gasteiger partial charge in [-0.05, 0) is 29.5 Å². The molecule has 0 aliphatic heterocycles. The average Bonchev–Trinajstić information content (AvgIpc) is 3.13. The number of rotatable bonds is 6. The molecule has 108 valence electrons. The van der Waals surface area contributed by atoms with Gasteiger partial charge in [0.2, 0.25) is 11.1 Å². The molecule has 0 aliphatic rings. The van der Waals surface area contributed by atoms with E-state index in [2.05, 4.69) is 36.4 Å². The highest BCUT2D eigenvalue weighted by molar-refractivity contribution is 7.15. The van der Waals surface area contributed by atoms with Gasteiger partial charge in [0, 0.05) is 13.1 Å². The molecule has 0 bridgehead atoms. The molecule has 1 aromatic carbocycles. The maximum absolute atomic E-state index is 4.00. The summed E-state index contributed by atoms with van der Waals surface area (Å²) >= 11 is 1.53. The molecule has 0 aliphatic carbocycles. The molecule has 8 nitrogen and oxygen atoms in total. The summed E-state index contributed by atoms with van der Waals surface area (Å²) in [5, 5.41) is 27.7. The van der Waals surface area contributed by atoms with Crippen molar-refractivity contribution in [1.82, 2.24) is 30.4 Å². The van der Waals surface area contributed by atoms with E-state index in [4.69, 9.17) is 0 Å². The van der Waals surface area contributed by atoms with Gasteiger partial charge in [-0.25, -0.2) is 0 Å². The van der Waals surface area contributed by atoms with Crippen LogP contribution in [0.5, 0.6) is 0 Å². The van der Waals surface area contributed by atoms with Crippen molar-refractivity contribution < 1.29 is 0 Å². The predicted octanol–water partition coefficient (Wildman–Crippen LogP) is 1.35. The summed E-state index contributed by atoms with van der Waals surface area (Å²) in [5.41, 5.74) is 0.915. The van der Waals surface area contributed by atoms with Crippen LogP contribution in [0.4, 0.5) is 11.1 Å². The van der Waals surface area contributed by atoms with Gasteiger partial charge in [-0.2, -0.15) is 4.68 Å². The molecule has 0 amide bonds. The number of aryl methyl sites for hydroxylation is 1. The zero-order valence-corrected chi connectivity index (χ0v) is 12.2. The summed E-state index contributed by atoms with van der Waals surface area (Å²) in [6, 6.07) is 9.74. The zero-order valence-electron chi connectivity index (χ0n) is 11.4. The molecule has 3 aromatic rings. The van der Waals surface area contributed by atoms with E-state index >= 15 is 0 Å². The molecule has 0 fully saturated rings. The first kappa shape index (κ1) is 13.4.